The van der Waals surface area contributed by atoms with E-state index in [1.54, 1.807) is 7.11 Å². The summed E-state index contributed by atoms with van der Waals surface area (Å²) in [5.41, 5.74) is 2.12. The molecule has 0 saturated heterocycles. The van der Waals surface area contributed by atoms with E-state index < -0.39 is 0 Å². The number of nitrogens with one attached hydrogen (secondary N) is 1. The molecule has 0 amide bonds. The Morgan fingerprint density at radius 2 is 1.78 bits per heavy atom. The average Bonchev–Trinajstić information content (AvgIpc) is 2.34. The summed E-state index contributed by atoms with van der Waals surface area (Å²) in [5, 5.41) is 4.10. The fourth-order valence-corrected chi connectivity index (χ4v) is 1.79. The Labute approximate surface area is 114 Å². The molecule has 0 radical (unpaired) electrons. The van der Waals surface area contributed by atoms with Crippen LogP contribution in [0.1, 0.15) is 17.5 Å². The van der Waals surface area contributed by atoms with E-state index in [1.165, 1.54) is 0 Å². The predicted molar refractivity (Wildman–Crippen MR) is 75.8 cm³/mol. The van der Waals surface area contributed by atoms with Crippen molar-refractivity contribution in [2.24, 2.45) is 0 Å². The van der Waals surface area contributed by atoms with Crippen LogP contribution in [0.25, 0.3) is 0 Å². The Hall–Kier alpha value is -0.770. The van der Waals surface area contributed by atoms with Gasteiger partial charge in [-0.2, -0.15) is 0 Å². The second-order valence-electron chi connectivity index (χ2n) is 4.32. The Morgan fingerprint density at radius 1 is 1.11 bits per heavy atom. The van der Waals surface area contributed by atoms with Crippen LogP contribution in [-0.2, 0) is 4.74 Å². The third kappa shape index (κ3) is 5.25. The molecule has 1 N–H and O–H groups in total. The van der Waals surface area contributed by atoms with Crippen molar-refractivity contribution in [1.82, 2.24) is 5.32 Å². The number of benzene rings is 1. The van der Waals surface area contributed by atoms with E-state index in [2.05, 4.69) is 5.32 Å². The zero-order valence-corrected chi connectivity index (χ0v) is 12.1. The fraction of sp³-hybridized carbons (Fsp3) is 0.571. The van der Waals surface area contributed by atoms with Crippen LogP contribution in [0.4, 0.5) is 0 Å². The van der Waals surface area contributed by atoms with E-state index in [1.807, 2.05) is 26.0 Å². The van der Waals surface area contributed by atoms with Crippen LogP contribution in [0.3, 0.4) is 0 Å². The maximum atomic E-state index is 6.10. The van der Waals surface area contributed by atoms with Crippen molar-refractivity contribution in [3.05, 3.63) is 28.3 Å². The van der Waals surface area contributed by atoms with Crippen molar-refractivity contribution >= 4 is 11.6 Å². The second-order valence-corrected chi connectivity index (χ2v) is 4.69. The van der Waals surface area contributed by atoms with Gasteiger partial charge in [0.1, 0.15) is 5.75 Å². The molecule has 1 aromatic carbocycles. The third-order valence-electron chi connectivity index (χ3n) is 2.66. The normalized spacial score (nSPS) is 10.7. The van der Waals surface area contributed by atoms with Crippen molar-refractivity contribution in [3.63, 3.8) is 0 Å². The molecule has 1 rings (SSSR count). The van der Waals surface area contributed by atoms with Crippen LogP contribution in [-0.4, -0.2) is 33.4 Å². The highest BCUT2D eigenvalue weighted by Gasteiger charge is 2.03. The van der Waals surface area contributed by atoms with Crippen LogP contribution in [0.15, 0.2) is 12.1 Å². The van der Waals surface area contributed by atoms with Gasteiger partial charge in [-0.15, -0.1) is 0 Å². The molecule has 1 aromatic rings. The molecular formula is C14H22ClNO2. The van der Waals surface area contributed by atoms with Gasteiger partial charge in [-0.1, -0.05) is 11.6 Å². The molecule has 102 valence electrons. The molecule has 0 atom stereocenters. The van der Waals surface area contributed by atoms with Crippen molar-refractivity contribution in [3.8, 4) is 5.75 Å². The van der Waals surface area contributed by atoms with Crippen LogP contribution in [0.5, 0.6) is 5.75 Å². The molecule has 0 aliphatic heterocycles. The molecular weight excluding hydrogens is 250 g/mol. The summed E-state index contributed by atoms with van der Waals surface area (Å²) in [6.07, 6.45) is 0.977. The lowest BCUT2D eigenvalue weighted by Crippen LogP contribution is -2.21. The molecule has 0 heterocycles. The van der Waals surface area contributed by atoms with Gasteiger partial charge in [-0.3, -0.25) is 0 Å². The highest BCUT2D eigenvalue weighted by atomic mass is 35.5. The molecule has 0 saturated carbocycles. The van der Waals surface area contributed by atoms with Crippen LogP contribution >= 0.6 is 11.6 Å². The summed E-state index contributed by atoms with van der Waals surface area (Å²) in [5.74, 6) is 0.895. The Kier molecular flexibility index (Phi) is 7.09. The predicted octanol–water partition coefficient (Wildman–Crippen LogP) is 2.96. The maximum Gasteiger partial charge on any atom is 0.119 e. The highest BCUT2D eigenvalue weighted by Crippen LogP contribution is 2.25. The van der Waals surface area contributed by atoms with Crippen LogP contribution in [0, 0.1) is 13.8 Å². The van der Waals surface area contributed by atoms with Gasteiger partial charge in [0, 0.05) is 18.7 Å². The van der Waals surface area contributed by atoms with Gasteiger partial charge in [0.05, 0.1) is 13.2 Å². The maximum absolute atomic E-state index is 6.10. The van der Waals surface area contributed by atoms with Crippen molar-refractivity contribution in [2.75, 3.05) is 33.4 Å². The van der Waals surface area contributed by atoms with Gasteiger partial charge in [-0.25, -0.2) is 0 Å². The van der Waals surface area contributed by atoms with Gasteiger partial charge in [0.2, 0.25) is 0 Å². The lowest BCUT2D eigenvalue weighted by atomic mass is 10.1. The fourth-order valence-electron chi connectivity index (χ4n) is 1.68. The Morgan fingerprint density at radius 3 is 2.39 bits per heavy atom. The number of hydrogen-bond acceptors (Lipinski definition) is 3. The van der Waals surface area contributed by atoms with Crippen LogP contribution in [0.2, 0.25) is 5.02 Å². The summed E-state index contributed by atoms with van der Waals surface area (Å²) < 4.78 is 10.6. The second kappa shape index (κ2) is 8.35. The molecule has 0 spiro atoms. The molecule has 0 aliphatic rings. The average molecular weight is 272 g/mol. The number of ether oxygens (including phenoxy) is 2. The van der Waals surface area contributed by atoms with E-state index in [0.29, 0.717) is 6.61 Å². The lowest BCUT2D eigenvalue weighted by Gasteiger charge is -2.10. The van der Waals surface area contributed by atoms with Crippen molar-refractivity contribution in [1.29, 1.82) is 0 Å². The first kappa shape index (κ1) is 15.3. The minimum absolute atomic E-state index is 0.709. The zero-order chi connectivity index (χ0) is 13.4. The van der Waals surface area contributed by atoms with E-state index in [4.69, 9.17) is 21.1 Å². The lowest BCUT2D eigenvalue weighted by molar-refractivity contribution is 0.198. The Bertz CT molecular complexity index is 346. The first-order valence-corrected chi connectivity index (χ1v) is 6.62. The molecule has 0 aromatic heterocycles. The number of rotatable bonds is 8. The van der Waals surface area contributed by atoms with E-state index >= 15 is 0 Å². The number of aryl methyl sites for hydroxylation is 2. The third-order valence-corrected chi connectivity index (χ3v) is 3.26. The van der Waals surface area contributed by atoms with E-state index in [9.17, 15) is 0 Å². The minimum atomic E-state index is 0.709. The van der Waals surface area contributed by atoms with E-state index in [-0.39, 0.29) is 0 Å². The summed E-state index contributed by atoms with van der Waals surface area (Å²) in [6.45, 7) is 7.27. The van der Waals surface area contributed by atoms with Gasteiger partial charge < -0.3 is 14.8 Å². The molecule has 0 fully saturated rings. The first-order valence-electron chi connectivity index (χ1n) is 6.24. The molecule has 0 bridgehead atoms. The first-order chi connectivity index (χ1) is 8.65. The van der Waals surface area contributed by atoms with E-state index in [0.717, 1.165) is 48.0 Å². The quantitative estimate of drug-likeness (QED) is 0.738. The van der Waals surface area contributed by atoms with Gasteiger partial charge >= 0.3 is 0 Å². The largest absolute Gasteiger partial charge is 0.494 e. The molecule has 3 nitrogen and oxygen atoms in total. The summed E-state index contributed by atoms with van der Waals surface area (Å²) in [7, 11) is 1.70. The van der Waals surface area contributed by atoms with Gasteiger partial charge in [-0.05, 0) is 50.1 Å². The van der Waals surface area contributed by atoms with Crippen molar-refractivity contribution in [2.45, 2.75) is 20.3 Å². The zero-order valence-electron chi connectivity index (χ0n) is 11.4. The smallest absolute Gasteiger partial charge is 0.119 e. The summed E-state index contributed by atoms with van der Waals surface area (Å²) >= 11 is 6.10. The molecule has 0 unspecified atom stereocenters. The number of methoxy groups -OCH3 is 1. The topological polar surface area (TPSA) is 30.5 Å². The SMILES string of the molecule is COCCNCCCOc1cc(C)c(Cl)c(C)c1. The van der Waals surface area contributed by atoms with Crippen LogP contribution < -0.4 is 10.1 Å². The number of halogens is 1. The summed E-state index contributed by atoms with van der Waals surface area (Å²) in [6, 6.07) is 3.96. The Balaban J connectivity index is 2.23. The molecule has 0 aliphatic carbocycles. The molecule has 18 heavy (non-hydrogen) atoms. The monoisotopic (exact) mass is 271 g/mol. The van der Waals surface area contributed by atoms with Crippen molar-refractivity contribution < 1.29 is 9.47 Å². The van der Waals surface area contributed by atoms with Gasteiger partial charge in [0.25, 0.3) is 0 Å². The standard InChI is InChI=1S/C14H22ClNO2/c1-11-9-13(10-12(2)14(11)15)18-7-4-5-16-6-8-17-3/h9-10,16H,4-8H2,1-3H3. The summed E-state index contributed by atoms with van der Waals surface area (Å²) in [4.78, 5) is 0. The number of hydrogen-bond donors (Lipinski definition) is 1. The molecule has 4 heteroatoms. The highest BCUT2D eigenvalue weighted by molar-refractivity contribution is 6.32. The van der Waals surface area contributed by atoms with Gasteiger partial charge in [0.15, 0.2) is 0 Å². The minimum Gasteiger partial charge on any atom is -0.494 e.